The predicted molar refractivity (Wildman–Crippen MR) is 131 cm³/mol. The van der Waals surface area contributed by atoms with Crippen LogP contribution < -0.4 is 4.90 Å². The minimum absolute atomic E-state index is 0.0782. The Kier molecular flexibility index (Phi) is 6.08. The van der Waals surface area contributed by atoms with Gasteiger partial charge >= 0.3 is 5.97 Å². The van der Waals surface area contributed by atoms with Gasteiger partial charge in [0, 0.05) is 27.4 Å². The Balaban J connectivity index is 1.28. The molecule has 3 fully saturated rings. The quantitative estimate of drug-likeness (QED) is 0.122. The number of imide groups is 1. The average molecular weight is 606 g/mol. The molecule has 3 aliphatic rings. The molecule has 1 heterocycles. The number of esters is 1. The molecule has 0 aromatic heterocycles. The molecular weight excluding hydrogens is 588 g/mol. The van der Waals surface area contributed by atoms with Gasteiger partial charge in [0.2, 0.25) is 11.8 Å². The van der Waals surface area contributed by atoms with Crippen LogP contribution in [0.4, 0.5) is 11.4 Å². The number of nitro groups is 1. The molecule has 2 aromatic rings. The number of amides is 2. The number of Topliss-reactive ketones (excluding diaryl/α,β-unsaturated/α-hetero) is 1. The Morgan fingerprint density at radius 2 is 1.57 bits per heavy atom. The number of nitrogens with zero attached hydrogens (tertiary/aromatic N) is 2. The molecule has 2 aromatic carbocycles. The summed E-state index contributed by atoms with van der Waals surface area (Å²) < 4.78 is 5.12. The van der Waals surface area contributed by atoms with Gasteiger partial charge in [-0.05, 0) is 48.6 Å². The maximum atomic E-state index is 13.2. The zero-order valence-electron chi connectivity index (χ0n) is 18.0. The van der Waals surface area contributed by atoms with E-state index in [1.165, 1.54) is 36.4 Å². The van der Waals surface area contributed by atoms with Crippen molar-refractivity contribution in [2.24, 2.45) is 23.7 Å². The molecule has 2 amide bonds. The fraction of sp³-hybridized carbons (Fsp3) is 0.333. The summed E-state index contributed by atoms with van der Waals surface area (Å²) in [6, 6.07) is 11.0. The van der Waals surface area contributed by atoms with E-state index in [2.05, 4.69) is 31.9 Å². The minimum atomic E-state index is -0.789. The molecule has 0 unspecified atom stereocenters. The van der Waals surface area contributed by atoms with E-state index in [-0.39, 0.29) is 62.0 Å². The number of carbonyl (C=O) groups is 4. The van der Waals surface area contributed by atoms with Crippen LogP contribution in [0.15, 0.2) is 48.5 Å². The summed E-state index contributed by atoms with van der Waals surface area (Å²) >= 11 is 7.32. The smallest absolute Gasteiger partial charge is 0.338 e. The second-order valence-corrected chi connectivity index (χ2v) is 11.0. The third kappa shape index (κ3) is 3.90. The Morgan fingerprint density at radius 3 is 2.14 bits per heavy atom. The molecular formula is C24H18Br2N2O7. The van der Waals surface area contributed by atoms with Gasteiger partial charge in [0.15, 0.2) is 12.4 Å². The third-order valence-electron chi connectivity index (χ3n) is 7.06. The first-order valence-electron chi connectivity index (χ1n) is 10.9. The first-order chi connectivity index (χ1) is 16.7. The Labute approximate surface area is 216 Å². The zero-order chi connectivity index (χ0) is 25.0. The van der Waals surface area contributed by atoms with Crippen molar-refractivity contribution in [1.82, 2.24) is 0 Å². The highest BCUT2D eigenvalue weighted by Crippen LogP contribution is 2.60. The summed E-state index contributed by atoms with van der Waals surface area (Å²) in [5, 5.41) is 10.7. The van der Waals surface area contributed by atoms with E-state index in [9.17, 15) is 29.3 Å². The second-order valence-electron chi connectivity index (χ2n) is 8.87. The molecule has 35 heavy (non-hydrogen) atoms. The number of hydrogen-bond donors (Lipinski definition) is 0. The molecule has 2 bridgehead atoms. The van der Waals surface area contributed by atoms with Gasteiger partial charge in [-0.25, -0.2) is 4.79 Å². The summed E-state index contributed by atoms with van der Waals surface area (Å²) in [6.07, 6.45) is 0.821. The normalized spacial score (nSPS) is 28.8. The number of non-ortho nitro benzene ring substituents is 1. The number of ketones is 1. The number of anilines is 1. The summed E-state index contributed by atoms with van der Waals surface area (Å²) in [7, 11) is 0. The largest absolute Gasteiger partial charge is 0.454 e. The number of alkyl halides is 2. The van der Waals surface area contributed by atoms with E-state index in [4.69, 9.17) is 4.74 Å². The molecule has 6 atom stereocenters. The molecule has 9 nitrogen and oxygen atoms in total. The van der Waals surface area contributed by atoms with Crippen LogP contribution in [0.1, 0.15) is 27.1 Å². The highest BCUT2D eigenvalue weighted by Gasteiger charge is 2.66. The molecule has 2 saturated carbocycles. The fourth-order valence-corrected chi connectivity index (χ4v) is 7.32. The number of ether oxygens (including phenoxy) is 1. The lowest BCUT2D eigenvalue weighted by molar-refractivity contribution is -0.384. The molecule has 0 spiro atoms. The maximum Gasteiger partial charge on any atom is 0.338 e. The Morgan fingerprint density at radius 1 is 0.971 bits per heavy atom. The van der Waals surface area contributed by atoms with Gasteiger partial charge in [-0.3, -0.25) is 29.4 Å². The van der Waals surface area contributed by atoms with Crippen molar-refractivity contribution >= 4 is 66.8 Å². The van der Waals surface area contributed by atoms with Gasteiger partial charge < -0.3 is 4.74 Å². The molecule has 2 aliphatic carbocycles. The van der Waals surface area contributed by atoms with Gasteiger partial charge in [-0.2, -0.15) is 0 Å². The number of hydrogen-bond acceptors (Lipinski definition) is 7. The summed E-state index contributed by atoms with van der Waals surface area (Å²) in [5.41, 5.74) is 0.400. The summed E-state index contributed by atoms with van der Waals surface area (Å²) in [4.78, 5) is 62.9. The van der Waals surface area contributed by atoms with Crippen LogP contribution in [0.2, 0.25) is 0 Å². The molecule has 0 radical (unpaired) electrons. The van der Waals surface area contributed by atoms with E-state index >= 15 is 0 Å². The minimum Gasteiger partial charge on any atom is -0.454 e. The van der Waals surface area contributed by atoms with Crippen LogP contribution in [0, 0.1) is 33.8 Å². The monoisotopic (exact) mass is 604 g/mol. The SMILES string of the molecule is O=C(COC(=O)c1cccc(N2C(=O)[C@@H]3[C@H]4C[C@H]([C@H](Br)[C@@H]4Br)[C@@H]3C2=O)c1)c1ccc([N+](=O)[O-])cc1. The number of rotatable bonds is 6. The van der Waals surface area contributed by atoms with E-state index in [0.717, 1.165) is 11.3 Å². The molecule has 0 N–H and O–H groups in total. The molecule has 11 heteroatoms. The van der Waals surface area contributed by atoms with Gasteiger partial charge in [0.1, 0.15) is 0 Å². The molecule has 5 rings (SSSR count). The molecule has 1 saturated heterocycles. The summed E-state index contributed by atoms with van der Waals surface area (Å²) in [6.45, 7) is -0.560. The van der Waals surface area contributed by atoms with Crippen LogP contribution in [-0.2, 0) is 14.3 Å². The van der Waals surface area contributed by atoms with Gasteiger partial charge in [0.25, 0.3) is 5.69 Å². The van der Waals surface area contributed by atoms with Crippen molar-refractivity contribution < 1.29 is 28.8 Å². The number of nitro benzene ring substituents is 1. The Hall–Kier alpha value is -2.92. The van der Waals surface area contributed by atoms with Gasteiger partial charge in [-0.1, -0.05) is 37.9 Å². The zero-order valence-corrected chi connectivity index (χ0v) is 21.2. The van der Waals surface area contributed by atoms with Crippen LogP contribution in [0.3, 0.4) is 0 Å². The number of halogens is 2. The lowest BCUT2D eigenvalue weighted by atomic mass is 9.81. The van der Waals surface area contributed by atoms with Crippen LogP contribution in [-0.4, -0.2) is 44.8 Å². The van der Waals surface area contributed by atoms with Crippen LogP contribution >= 0.6 is 31.9 Å². The van der Waals surface area contributed by atoms with Crippen molar-refractivity contribution in [3.05, 3.63) is 69.8 Å². The molecule has 1 aliphatic heterocycles. The first kappa shape index (κ1) is 23.8. The van der Waals surface area contributed by atoms with E-state index in [1.807, 2.05) is 0 Å². The van der Waals surface area contributed by atoms with Gasteiger partial charge in [-0.15, -0.1) is 0 Å². The Bertz CT molecular complexity index is 1230. The van der Waals surface area contributed by atoms with Crippen LogP contribution in [0.25, 0.3) is 0 Å². The number of benzene rings is 2. The number of fused-ring (bicyclic) bond motifs is 5. The topological polar surface area (TPSA) is 124 Å². The first-order valence-corrected chi connectivity index (χ1v) is 12.7. The summed E-state index contributed by atoms with van der Waals surface area (Å²) in [5.74, 6) is -2.41. The van der Waals surface area contributed by atoms with Gasteiger partial charge in [0.05, 0.1) is 28.0 Å². The maximum absolute atomic E-state index is 13.2. The fourth-order valence-electron chi connectivity index (χ4n) is 5.44. The highest BCUT2D eigenvalue weighted by molar-refractivity contribution is 9.12. The standard InChI is InChI=1S/C24H18Br2N2O7/c25-20-15-9-16(21(20)26)19-18(15)22(30)27(23(19)31)14-3-1-2-12(8-14)24(32)35-10-17(29)11-4-6-13(7-5-11)28(33)34/h1-8,15-16,18-21H,9-10H2/t15-,16+,18-,19+,20-,21+. The van der Waals surface area contributed by atoms with Crippen molar-refractivity contribution in [1.29, 1.82) is 0 Å². The van der Waals surface area contributed by atoms with Crippen molar-refractivity contribution in [2.75, 3.05) is 11.5 Å². The lowest BCUT2D eigenvalue weighted by Gasteiger charge is -2.28. The van der Waals surface area contributed by atoms with Crippen LogP contribution in [0.5, 0.6) is 0 Å². The third-order valence-corrected chi connectivity index (χ3v) is 10.3. The van der Waals surface area contributed by atoms with Crippen molar-refractivity contribution in [3.63, 3.8) is 0 Å². The predicted octanol–water partition coefficient (Wildman–Crippen LogP) is 3.92. The second kappa shape index (κ2) is 8.94. The molecule has 180 valence electrons. The van der Waals surface area contributed by atoms with E-state index in [0.29, 0.717) is 5.69 Å². The van der Waals surface area contributed by atoms with E-state index in [1.54, 1.807) is 12.1 Å². The van der Waals surface area contributed by atoms with E-state index < -0.39 is 23.3 Å². The van der Waals surface area contributed by atoms with Crippen molar-refractivity contribution in [3.8, 4) is 0 Å². The lowest BCUT2D eigenvalue weighted by Crippen LogP contribution is -2.37. The van der Waals surface area contributed by atoms with Crippen molar-refractivity contribution in [2.45, 2.75) is 16.1 Å². The number of carbonyl (C=O) groups excluding carboxylic acids is 4. The highest BCUT2D eigenvalue weighted by atomic mass is 79.9. The average Bonchev–Trinajstić information content (AvgIpc) is 3.47.